The van der Waals surface area contributed by atoms with Crippen LogP contribution in [0.1, 0.15) is 64.7 Å². The van der Waals surface area contributed by atoms with Crippen LogP contribution in [-0.4, -0.2) is 13.2 Å². The summed E-state index contributed by atoms with van der Waals surface area (Å²) in [7, 11) is 0. The summed E-state index contributed by atoms with van der Waals surface area (Å²) >= 11 is 0. The molecule has 0 aliphatic carbocycles. The van der Waals surface area contributed by atoms with Crippen LogP contribution in [0.2, 0.25) is 0 Å². The summed E-state index contributed by atoms with van der Waals surface area (Å²) in [4.78, 5) is 0. The fourth-order valence-electron chi connectivity index (χ4n) is 2.85. The van der Waals surface area contributed by atoms with E-state index in [0.29, 0.717) is 5.92 Å². The smallest absolute Gasteiger partial charge is 0.0466 e. The molecule has 0 saturated carbocycles. The van der Waals surface area contributed by atoms with Gasteiger partial charge in [-0.2, -0.15) is 0 Å². The van der Waals surface area contributed by atoms with Crippen LogP contribution in [0.5, 0.6) is 0 Å². The molecule has 0 bridgehead atoms. The molecule has 1 heterocycles. The van der Waals surface area contributed by atoms with Gasteiger partial charge in [0.05, 0.1) is 0 Å². The summed E-state index contributed by atoms with van der Waals surface area (Å²) in [6.45, 7) is 7.68. The molecule has 0 amide bonds. The van der Waals surface area contributed by atoms with Crippen LogP contribution in [0, 0.1) is 12.8 Å². The van der Waals surface area contributed by atoms with E-state index in [1.54, 1.807) is 0 Å². The topological polar surface area (TPSA) is 21.3 Å². The number of ether oxygens (including phenoxy) is 1. The third-order valence-electron chi connectivity index (χ3n) is 4.13. The van der Waals surface area contributed by atoms with E-state index in [1.807, 2.05) is 6.20 Å². The minimum Gasteiger partial charge on any atom is -0.382 e. The van der Waals surface area contributed by atoms with Crippen molar-refractivity contribution in [2.45, 2.75) is 64.7 Å². The van der Waals surface area contributed by atoms with Crippen LogP contribution < -0.4 is 5.32 Å². The Hall–Kier alpha value is -1.02. The molecule has 1 radical (unpaired) electrons. The Labute approximate surface area is 137 Å². The SMILES string of the molecule is [CH2]CCCCCCCC(CCCOCC)C1=CC=CC=CN1. The van der Waals surface area contributed by atoms with Crippen LogP contribution in [0.3, 0.4) is 0 Å². The average molecular weight is 304 g/mol. The number of allylic oxidation sites excluding steroid dienone is 5. The molecule has 2 nitrogen and oxygen atoms in total. The summed E-state index contributed by atoms with van der Waals surface area (Å²) in [6.07, 6.45) is 21.9. The summed E-state index contributed by atoms with van der Waals surface area (Å²) in [5.74, 6) is 0.626. The summed E-state index contributed by atoms with van der Waals surface area (Å²) < 4.78 is 5.49. The normalized spacial score (nSPS) is 15.3. The second-order valence-corrected chi connectivity index (χ2v) is 5.96. The number of nitrogens with one attached hydrogen (secondary N) is 1. The molecule has 0 spiro atoms. The quantitative estimate of drug-likeness (QED) is 0.451. The van der Waals surface area contributed by atoms with E-state index in [4.69, 9.17) is 4.74 Å². The molecule has 1 aliphatic heterocycles. The van der Waals surface area contributed by atoms with E-state index < -0.39 is 0 Å². The molecule has 2 heteroatoms. The van der Waals surface area contributed by atoms with Crippen LogP contribution in [-0.2, 0) is 4.74 Å². The van der Waals surface area contributed by atoms with Crippen molar-refractivity contribution in [1.82, 2.24) is 5.32 Å². The van der Waals surface area contributed by atoms with E-state index in [1.165, 1.54) is 50.6 Å². The van der Waals surface area contributed by atoms with Crippen LogP contribution in [0.25, 0.3) is 0 Å². The molecule has 0 aromatic heterocycles. The molecule has 1 N–H and O–H groups in total. The summed E-state index contributed by atoms with van der Waals surface area (Å²) in [5, 5.41) is 3.45. The first-order valence-electron chi connectivity index (χ1n) is 9.05. The zero-order valence-corrected chi connectivity index (χ0v) is 14.4. The molecule has 125 valence electrons. The van der Waals surface area contributed by atoms with Gasteiger partial charge in [-0.3, -0.25) is 0 Å². The van der Waals surface area contributed by atoms with E-state index in [9.17, 15) is 0 Å². The number of hydrogen-bond donors (Lipinski definition) is 1. The van der Waals surface area contributed by atoms with Gasteiger partial charge in [-0.1, -0.05) is 57.6 Å². The van der Waals surface area contributed by atoms with Crippen LogP contribution in [0.15, 0.2) is 36.2 Å². The Bertz CT molecular complexity index is 344. The molecular formula is C20H34NO. The van der Waals surface area contributed by atoms with Crippen molar-refractivity contribution >= 4 is 0 Å². The predicted octanol–water partition coefficient (Wildman–Crippen LogP) is 5.54. The summed E-state index contributed by atoms with van der Waals surface area (Å²) in [5.41, 5.74) is 1.36. The number of rotatable bonds is 13. The van der Waals surface area contributed by atoms with E-state index >= 15 is 0 Å². The van der Waals surface area contributed by atoms with Gasteiger partial charge < -0.3 is 10.1 Å². The fraction of sp³-hybridized carbons (Fsp3) is 0.650. The molecular weight excluding hydrogens is 270 g/mol. The second-order valence-electron chi connectivity index (χ2n) is 5.96. The van der Waals surface area contributed by atoms with Gasteiger partial charge in [-0.05, 0) is 44.3 Å². The number of hydrogen-bond acceptors (Lipinski definition) is 2. The molecule has 0 aromatic rings. The van der Waals surface area contributed by atoms with Gasteiger partial charge in [-0.25, -0.2) is 0 Å². The lowest BCUT2D eigenvalue weighted by Gasteiger charge is -2.20. The Morgan fingerprint density at radius 2 is 1.77 bits per heavy atom. The largest absolute Gasteiger partial charge is 0.382 e. The van der Waals surface area contributed by atoms with Crippen molar-refractivity contribution < 1.29 is 4.74 Å². The highest BCUT2D eigenvalue weighted by Gasteiger charge is 2.13. The van der Waals surface area contributed by atoms with Crippen molar-refractivity contribution in [3.63, 3.8) is 0 Å². The molecule has 1 atom stereocenters. The molecule has 0 fully saturated rings. The second kappa shape index (κ2) is 13.6. The van der Waals surface area contributed by atoms with Gasteiger partial charge in [0, 0.05) is 25.1 Å². The first-order valence-corrected chi connectivity index (χ1v) is 9.05. The van der Waals surface area contributed by atoms with Crippen LogP contribution in [0.4, 0.5) is 0 Å². The lowest BCUT2D eigenvalue weighted by Crippen LogP contribution is -2.16. The highest BCUT2D eigenvalue weighted by Crippen LogP contribution is 2.23. The number of unbranched alkanes of at least 4 members (excludes halogenated alkanes) is 5. The first-order chi connectivity index (χ1) is 10.9. The van der Waals surface area contributed by atoms with Crippen molar-refractivity contribution in [1.29, 1.82) is 0 Å². The molecule has 1 aliphatic rings. The maximum atomic E-state index is 5.49. The van der Waals surface area contributed by atoms with Crippen LogP contribution >= 0.6 is 0 Å². The average Bonchev–Trinajstić information content (AvgIpc) is 2.82. The minimum atomic E-state index is 0.626. The standard InChI is InChI=1S/C20H34NO/c1-3-5-6-7-8-10-14-19(15-13-18-22-4-2)20-16-11-9-12-17-21-20/h9,11-12,16-17,19,21H,1,3-8,10,13-15,18H2,2H3. The highest BCUT2D eigenvalue weighted by atomic mass is 16.5. The van der Waals surface area contributed by atoms with Crippen molar-refractivity contribution in [2.24, 2.45) is 5.92 Å². The third-order valence-corrected chi connectivity index (χ3v) is 4.13. The van der Waals surface area contributed by atoms with Gasteiger partial charge in [0.15, 0.2) is 0 Å². The van der Waals surface area contributed by atoms with Crippen molar-refractivity contribution in [2.75, 3.05) is 13.2 Å². The zero-order valence-electron chi connectivity index (χ0n) is 14.4. The van der Waals surface area contributed by atoms with Crippen molar-refractivity contribution in [3.8, 4) is 0 Å². The molecule has 1 rings (SSSR count). The van der Waals surface area contributed by atoms with Gasteiger partial charge in [0.1, 0.15) is 0 Å². The maximum absolute atomic E-state index is 5.49. The predicted molar refractivity (Wildman–Crippen MR) is 96.4 cm³/mol. The molecule has 0 aromatic carbocycles. The monoisotopic (exact) mass is 304 g/mol. The first kappa shape index (κ1) is 19.0. The van der Waals surface area contributed by atoms with Gasteiger partial charge in [0.25, 0.3) is 0 Å². The van der Waals surface area contributed by atoms with Gasteiger partial charge in [-0.15, -0.1) is 0 Å². The zero-order chi connectivity index (χ0) is 15.9. The fourth-order valence-corrected chi connectivity index (χ4v) is 2.85. The molecule has 22 heavy (non-hydrogen) atoms. The van der Waals surface area contributed by atoms with E-state index in [2.05, 4.69) is 43.5 Å². The lowest BCUT2D eigenvalue weighted by molar-refractivity contribution is 0.140. The summed E-state index contributed by atoms with van der Waals surface area (Å²) in [6, 6.07) is 0. The van der Waals surface area contributed by atoms with Crippen molar-refractivity contribution in [3.05, 3.63) is 43.1 Å². The lowest BCUT2D eigenvalue weighted by atomic mass is 9.92. The van der Waals surface area contributed by atoms with E-state index in [-0.39, 0.29) is 0 Å². The Morgan fingerprint density at radius 1 is 1.00 bits per heavy atom. The van der Waals surface area contributed by atoms with Gasteiger partial charge in [0.2, 0.25) is 0 Å². The maximum Gasteiger partial charge on any atom is 0.0466 e. The van der Waals surface area contributed by atoms with Gasteiger partial charge >= 0.3 is 0 Å². The Kier molecular flexibility index (Phi) is 11.8. The Morgan fingerprint density at radius 3 is 2.59 bits per heavy atom. The molecule has 0 saturated heterocycles. The molecule has 1 unspecified atom stereocenters. The van der Waals surface area contributed by atoms with E-state index in [0.717, 1.165) is 26.1 Å². The highest BCUT2D eigenvalue weighted by molar-refractivity contribution is 5.22. The third kappa shape index (κ3) is 9.09. The Balaban J connectivity index is 2.35. The minimum absolute atomic E-state index is 0.626.